The van der Waals surface area contributed by atoms with Crippen LogP contribution in [0.2, 0.25) is 0 Å². The number of nitrogens with zero attached hydrogens (tertiary/aromatic N) is 3. The minimum Gasteiger partial charge on any atom is -0.372 e. The van der Waals surface area contributed by atoms with Crippen molar-refractivity contribution in [1.82, 2.24) is 15.0 Å². The Kier molecular flexibility index (Phi) is 2.99. The summed E-state index contributed by atoms with van der Waals surface area (Å²) in [4.78, 5) is 14.4. The van der Waals surface area contributed by atoms with Crippen molar-refractivity contribution in [1.29, 1.82) is 0 Å². The van der Waals surface area contributed by atoms with Gasteiger partial charge in [0.25, 0.3) is 0 Å². The summed E-state index contributed by atoms with van der Waals surface area (Å²) in [5.41, 5.74) is 3.00. The lowest BCUT2D eigenvalue weighted by Crippen LogP contribution is -2.04. The fourth-order valence-corrected chi connectivity index (χ4v) is 3.20. The van der Waals surface area contributed by atoms with E-state index < -0.39 is 0 Å². The summed E-state index contributed by atoms with van der Waals surface area (Å²) in [5.74, 6) is 2.34. The van der Waals surface area contributed by atoms with E-state index in [1.54, 1.807) is 11.3 Å². The summed E-state index contributed by atoms with van der Waals surface area (Å²) < 4.78 is 1.15. The zero-order valence-corrected chi connectivity index (χ0v) is 12.2. The molecule has 88 valence electrons. The Bertz CT molecular complexity index is 537. The first-order valence-corrected chi connectivity index (χ1v) is 7.39. The third-order valence-corrected chi connectivity index (χ3v) is 4.56. The number of aromatic nitrogens is 3. The smallest absolute Gasteiger partial charge is 0.173 e. The fourth-order valence-electron chi connectivity index (χ4n) is 1.69. The van der Waals surface area contributed by atoms with E-state index in [1.165, 1.54) is 18.5 Å². The van der Waals surface area contributed by atoms with Gasteiger partial charge in [0.15, 0.2) is 5.82 Å². The van der Waals surface area contributed by atoms with Gasteiger partial charge >= 0.3 is 0 Å². The standard InChI is InChI=1S/C11H11IN4S/c1-13-11-8(12)9(6-2-3-6)15-10(16-11)7-4-14-5-17-7/h4-6H,2-3H2,1H3,(H,13,15,16). The zero-order chi connectivity index (χ0) is 11.8. The van der Waals surface area contributed by atoms with Crippen molar-refractivity contribution in [3.05, 3.63) is 21.0 Å². The van der Waals surface area contributed by atoms with Crippen molar-refractivity contribution in [2.45, 2.75) is 18.8 Å². The highest BCUT2D eigenvalue weighted by Crippen LogP contribution is 2.43. The summed E-state index contributed by atoms with van der Waals surface area (Å²) in [5, 5.41) is 3.15. The predicted molar refractivity (Wildman–Crippen MR) is 77.4 cm³/mol. The van der Waals surface area contributed by atoms with Crippen molar-refractivity contribution < 1.29 is 0 Å². The summed E-state index contributed by atoms with van der Waals surface area (Å²) in [6.45, 7) is 0. The molecule has 0 aromatic carbocycles. The first-order chi connectivity index (χ1) is 8.29. The molecule has 1 fully saturated rings. The van der Waals surface area contributed by atoms with Gasteiger partial charge in [-0.05, 0) is 35.4 Å². The Labute approximate surface area is 117 Å². The first kappa shape index (κ1) is 11.3. The van der Waals surface area contributed by atoms with Gasteiger partial charge in [-0.25, -0.2) is 9.97 Å². The second kappa shape index (κ2) is 4.49. The Morgan fingerprint density at radius 2 is 2.24 bits per heavy atom. The second-order valence-electron chi connectivity index (χ2n) is 3.98. The van der Waals surface area contributed by atoms with Crippen molar-refractivity contribution in [2.24, 2.45) is 0 Å². The van der Waals surface area contributed by atoms with E-state index in [0.717, 1.165) is 20.1 Å². The van der Waals surface area contributed by atoms with Gasteiger partial charge in [-0.2, -0.15) is 0 Å². The van der Waals surface area contributed by atoms with Gasteiger partial charge in [0.1, 0.15) is 5.82 Å². The third kappa shape index (κ3) is 2.15. The van der Waals surface area contributed by atoms with Gasteiger partial charge < -0.3 is 5.32 Å². The molecule has 0 aliphatic heterocycles. The molecule has 0 atom stereocenters. The average Bonchev–Trinajstić information content (AvgIpc) is 3.04. The van der Waals surface area contributed by atoms with Crippen LogP contribution in [0.1, 0.15) is 24.5 Å². The minimum absolute atomic E-state index is 0.628. The van der Waals surface area contributed by atoms with Gasteiger partial charge in [-0.1, -0.05) is 0 Å². The lowest BCUT2D eigenvalue weighted by atomic mass is 10.2. The quantitative estimate of drug-likeness (QED) is 0.857. The molecule has 4 nitrogen and oxygen atoms in total. The summed E-state index contributed by atoms with van der Waals surface area (Å²) >= 11 is 3.91. The maximum Gasteiger partial charge on any atom is 0.173 e. The first-order valence-electron chi connectivity index (χ1n) is 5.43. The van der Waals surface area contributed by atoms with Crippen LogP contribution in [0.3, 0.4) is 0 Å². The Balaban J connectivity index is 2.13. The number of anilines is 1. The van der Waals surface area contributed by atoms with Gasteiger partial charge in [-0.3, -0.25) is 4.98 Å². The van der Waals surface area contributed by atoms with E-state index in [1.807, 2.05) is 18.8 Å². The van der Waals surface area contributed by atoms with Crippen LogP contribution in [0.15, 0.2) is 11.7 Å². The molecule has 0 saturated heterocycles. The van der Waals surface area contributed by atoms with Crippen LogP contribution < -0.4 is 5.32 Å². The fraction of sp³-hybridized carbons (Fsp3) is 0.364. The SMILES string of the molecule is CNc1nc(-c2cncs2)nc(C2CC2)c1I. The van der Waals surface area contributed by atoms with Crippen LogP contribution in [0.4, 0.5) is 5.82 Å². The van der Waals surface area contributed by atoms with Crippen LogP contribution in [0, 0.1) is 3.57 Å². The summed E-state index contributed by atoms with van der Waals surface area (Å²) in [6, 6.07) is 0. The van der Waals surface area contributed by atoms with Crippen molar-refractivity contribution >= 4 is 39.7 Å². The number of halogens is 1. The van der Waals surface area contributed by atoms with Crippen LogP contribution >= 0.6 is 33.9 Å². The zero-order valence-electron chi connectivity index (χ0n) is 9.27. The molecule has 2 aromatic rings. The number of hydrogen-bond donors (Lipinski definition) is 1. The Morgan fingerprint density at radius 1 is 1.41 bits per heavy atom. The van der Waals surface area contributed by atoms with Gasteiger partial charge in [0.05, 0.1) is 19.7 Å². The lowest BCUT2D eigenvalue weighted by molar-refractivity contribution is 0.980. The van der Waals surface area contributed by atoms with Crippen LogP contribution in [-0.4, -0.2) is 22.0 Å². The number of rotatable bonds is 3. The van der Waals surface area contributed by atoms with E-state index in [-0.39, 0.29) is 0 Å². The molecule has 2 aromatic heterocycles. The van der Waals surface area contributed by atoms with Crippen LogP contribution in [-0.2, 0) is 0 Å². The van der Waals surface area contributed by atoms with Crippen LogP contribution in [0.5, 0.6) is 0 Å². The highest BCUT2D eigenvalue weighted by molar-refractivity contribution is 14.1. The molecule has 0 amide bonds. The van der Waals surface area contributed by atoms with Gasteiger partial charge in [0, 0.05) is 19.2 Å². The maximum absolute atomic E-state index is 4.70. The normalized spacial score (nSPS) is 14.9. The molecule has 1 N–H and O–H groups in total. The van der Waals surface area contributed by atoms with E-state index in [0.29, 0.717) is 5.92 Å². The van der Waals surface area contributed by atoms with E-state index in [2.05, 4.69) is 37.9 Å². The van der Waals surface area contributed by atoms with Crippen LogP contribution in [0.25, 0.3) is 10.7 Å². The van der Waals surface area contributed by atoms with Crippen molar-refractivity contribution in [3.63, 3.8) is 0 Å². The number of thiazole rings is 1. The molecule has 1 aliphatic rings. The molecule has 2 heterocycles. The minimum atomic E-state index is 0.628. The second-order valence-corrected chi connectivity index (χ2v) is 5.95. The van der Waals surface area contributed by atoms with Gasteiger partial charge in [0.2, 0.25) is 0 Å². The topological polar surface area (TPSA) is 50.7 Å². The molecule has 0 bridgehead atoms. The van der Waals surface area contributed by atoms with E-state index in [4.69, 9.17) is 4.98 Å². The monoisotopic (exact) mass is 358 g/mol. The largest absolute Gasteiger partial charge is 0.372 e. The van der Waals surface area contributed by atoms with Crippen molar-refractivity contribution in [3.8, 4) is 10.7 Å². The highest BCUT2D eigenvalue weighted by Gasteiger charge is 2.29. The molecule has 0 radical (unpaired) electrons. The molecule has 0 spiro atoms. The molecule has 0 unspecified atom stereocenters. The molecule has 1 saturated carbocycles. The Morgan fingerprint density at radius 3 is 2.82 bits per heavy atom. The summed E-state index contributed by atoms with van der Waals surface area (Å²) in [6.07, 6.45) is 4.32. The third-order valence-electron chi connectivity index (χ3n) is 2.73. The van der Waals surface area contributed by atoms with E-state index >= 15 is 0 Å². The number of nitrogens with one attached hydrogen (secondary N) is 1. The van der Waals surface area contributed by atoms with E-state index in [9.17, 15) is 0 Å². The molecule has 1 aliphatic carbocycles. The maximum atomic E-state index is 4.70. The number of hydrogen-bond acceptors (Lipinski definition) is 5. The average molecular weight is 358 g/mol. The van der Waals surface area contributed by atoms with Gasteiger partial charge in [-0.15, -0.1) is 11.3 Å². The highest BCUT2D eigenvalue weighted by atomic mass is 127. The molecule has 17 heavy (non-hydrogen) atoms. The summed E-state index contributed by atoms with van der Waals surface area (Å²) in [7, 11) is 1.90. The molecular weight excluding hydrogens is 347 g/mol. The molecule has 3 rings (SSSR count). The lowest BCUT2D eigenvalue weighted by Gasteiger charge is -2.09. The Hall–Kier alpha value is -0.760. The predicted octanol–water partition coefficient (Wildman–Crippen LogP) is 3.12. The molecular formula is C11H11IN4S. The van der Waals surface area contributed by atoms with Crippen molar-refractivity contribution in [2.75, 3.05) is 12.4 Å². The molecule has 6 heteroatoms.